The molecule has 0 saturated heterocycles. The van der Waals surface area contributed by atoms with Crippen molar-refractivity contribution in [1.82, 2.24) is 21.0 Å². The van der Waals surface area contributed by atoms with Gasteiger partial charge < -0.3 is 4.74 Å². The first-order valence-corrected chi connectivity index (χ1v) is 8.18. The van der Waals surface area contributed by atoms with E-state index in [4.69, 9.17) is 4.74 Å². The Labute approximate surface area is 160 Å². The molecule has 9 nitrogen and oxygen atoms in total. The van der Waals surface area contributed by atoms with Gasteiger partial charge in [-0.25, -0.2) is 0 Å². The molecule has 0 atom stereocenters. The number of nitrogens with one attached hydrogen (secondary N) is 3. The number of nitro groups is 1. The lowest BCUT2D eigenvalue weighted by molar-refractivity contribution is -0.384. The lowest BCUT2D eigenvalue weighted by Crippen LogP contribution is -2.36. The summed E-state index contributed by atoms with van der Waals surface area (Å²) in [6.07, 6.45) is 0. The molecule has 1 heterocycles. The van der Waals surface area contributed by atoms with Crippen molar-refractivity contribution in [3.8, 4) is 17.0 Å². The fourth-order valence-corrected chi connectivity index (χ4v) is 2.43. The van der Waals surface area contributed by atoms with Crippen LogP contribution in [-0.2, 0) is 0 Å². The standard InChI is InChI=1S/C19H17N5O4/c1-12(14-4-3-5-15(10-14)24(26)27)20-23-19(25)18-11-17(21-22-18)13-6-8-16(28-2)9-7-13/h3-11,20H,1H2,2H3,(H,21,22)(H,23,25). The number of nitrogens with zero attached hydrogens (tertiary/aromatic N) is 2. The number of hydrazine groups is 1. The van der Waals surface area contributed by atoms with Crippen LogP contribution in [0, 0.1) is 10.1 Å². The first-order valence-electron chi connectivity index (χ1n) is 8.18. The highest BCUT2D eigenvalue weighted by Crippen LogP contribution is 2.21. The van der Waals surface area contributed by atoms with Crippen LogP contribution in [0.1, 0.15) is 16.1 Å². The number of nitro benzene ring substituents is 1. The minimum atomic E-state index is -0.499. The molecule has 1 amide bonds. The molecule has 0 fully saturated rings. The molecule has 1 aromatic heterocycles. The van der Waals surface area contributed by atoms with Crippen molar-refractivity contribution in [3.63, 3.8) is 0 Å². The number of H-pyrrole nitrogens is 1. The Bertz CT molecular complexity index is 1030. The molecule has 3 aromatic rings. The Balaban J connectivity index is 1.63. The van der Waals surface area contributed by atoms with E-state index < -0.39 is 10.8 Å². The summed E-state index contributed by atoms with van der Waals surface area (Å²) in [6, 6.07) is 14.8. The fraction of sp³-hybridized carbons (Fsp3) is 0.0526. The summed E-state index contributed by atoms with van der Waals surface area (Å²) in [4.78, 5) is 22.6. The van der Waals surface area contributed by atoms with E-state index >= 15 is 0 Å². The first-order chi connectivity index (χ1) is 13.5. The molecular weight excluding hydrogens is 362 g/mol. The summed E-state index contributed by atoms with van der Waals surface area (Å²) in [5, 5.41) is 17.6. The molecule has 2 aromatic carbocycles. The van der Waals surface area contributed by atoms with Gasteiger partial charge in [-0.1, -0.05) is 18.7 Å². The van der Waals surface area contributed by atoms with Gasteiger partial charge in [0.25, 0.3) is 11.6 Å². The number of rotatable bonds is 7. The van der Waals surface area contributed by atoms with Crippen molar-refractivity contribution in [3.05, 3.63) is 82.5 Å². The Morgan fingerprint density at radius 1 is 1.18 bits per heavy atom. The molecule has 3 N–H and O–H groups in total. The van der Waals surface area contributed by atoms with Gasteiger partial charge in [-0.15, -0.1) is 0 Å². The lowest BCUT2D eigenvalue weighted by Gasteiger charge is -2.10. The van der Waals surface area contributed by atoms with Gasteiger partial charge in [0, 0.05) is 23.3 Å². The Morgan fingerprint density at radius 2 is 1.93 bits per heavy atom. The molecule has 0 radical (unpaired) electrons. The SMILES string of the molecule is C=C(NNC(=O)c1cc(-c2ccc(OC)cc2)n[nH]1)c1cccc([N+](=O)[O-])c1. The highest BCUT2D eigenvalue weighted by Gasteiger charge is 2.12. The largest absolute Gasteiger partial charge is 0.497 e. The van der Waals surface area contributed by atoms with E-state index in [-0.39, 0.29) is 11.4 Å². The third kappa shape index (κ3) is 4.15. The summed E-state index contributed by atoms with van der Waals surface area (Å²) in [6.45, 7) is 3.77. The summed E-state index contributed by atoms with van der Waals surface area (Å²) in [5.74, 6) is 0.264. The number of carbonyl (C=O) groups is 1. The van der Waals surface area contributed by atoms with Crippen molar-refractivity contribution < 1.29 is 14.5 Å². The molecule has 0 aliphatic rings. The molecule has 9 heteroatoms. The third-order valence-electron chi connectivity index (χ3n) is 3.94. The zero-order chi connectivity index (χ0) is 20.1. The van der Waals surface area contributed by atoms with Crippen LogP contribution in [0.3, 0.4) is 0 Å². The number of hydrogen-bond donors (Lipinski definition) is 3. The van der Waals surface area contributed by atoms with Crippen molar-refractivity contribution in [1.29, 1.82) is 0 Å². The molecule has 142 valence electrons. The summed E-state index contributed by atoms with van der Waals surface area (Å²) < 4.78 is 5.11. The maximum Gasteiger partial charge on any atom is 0.287 e. The molecule has 0 saturated carbocycles. The van der Waals surface area contributed by atoms with Gasteiger partial charge in [-0.05, 0) is 30.3 Å². The van der Waals surface area contributed by atoms with Gasteiger partial charge in [0.05, 0.1) is 23.4 Å². The summed E-state index contributed by atoms with van der Waals surface area (Å²) >= 11 is 0. The smallest absolute Gasteiger partial charge is 0.287 e. The van der Waals surface area contributed by atoms with E-state index in [9.17, 15) is 14.9 Å². The molecule has 28 heavy (non-hydrogen) atoms. The van der Waals surface area contributed by atoms with Crippen LogP contribution >= 0.6 is 0 Å². The highest BCUT2D eigenvalue weighted by molar-refractivity contribution is 5.93. The molecule has 0 aliphatic carbocycles. The van der Waals surface area contributed by atoms with E-state index in [0.29, 0.717) is 17.0 Å². The number of amides is 1. The summed E-state index contributed by atoms with van der Waals surface area (Å²) in [7, 11) is 1.58. The lowest BCUT2D eigenvalue weighted by atomic mass is 10.1. The van der Waals surface area contributed by atoms with Crippen molar-refractivity contribution in [2.45, 2.75) is 0 Å². The number of hydrogen-bond acceptors (Lipinski definition) is 6. The predicted molar refractivity (Wildman–Crippen MR) is 103 cm³/mol. The summed E-state index contributed by atoms with van der Waals surface area (Å²) in [5.41, 5.74) is 7.52. The second-order valence-electron chi connectivity index (χ2n) is 5.76. The minimum Gasteiger partial charge on any atom is -0.497 e. The van der Waals surface area contributed by atoms with Gasteiger partial charge in [0.2, 0.25) is 0 Å². The average Bonchev–Trinajstić information content (AvgIpc) is 3.22. The second kappa shape index (κ2) is 8.04. The van der Waals surface area contributed by atoms with Gasteiger partial charge in [0.15, 0.2) is 0 Å². The number of aromatic nitrogens is 2. The van der Waals surface area contributed by atoms with Crippen molar-refractivity contribution in [2.75, 3.05) is 7.11 Å². The third-order valence-corrected chi connectivity index (χ3v) is 3.94. The zero-order valence-corrected chi connectivity index (χ0v) is 14.9. The van der Waals surface area contributed by atoms with Crippen LogP contribution in [0.4, 0.5) is 5.69 Å². The van der Waals surface area contributed by atoms with Gasteiger partial charge in [0.1, 0.15) is 11.4 Å². The zero-order valence-electron chi connectivity index (χ0n) is 14.9. The quantitative estimate of drug-likeness (QED) is 0.429. The Morgan fingerprint density at radius 3 is 2.61 bits per heavy atom. The number of non-ortho nitro benzene ring substituents is 1. The number of benzene rings is 2. The van der Waals surface area contributed by atoms with Gasteiger partial charge >= 0.3 is 0 Å². The van der Waals surface area contributed by atoms with E-state index in [1.54, 1.807) is 31.4 Å². The van der Waals surface area contributed by atoms with E-state index in [1.165, 1.54) is 18.2 Å². The van der Waals surface area contributed by atoms with Crippen molar-refractivity contribution in [2.24, 2.45) is 0 Å². The monoisotopic (exact) mass is 379 g/mol. The van der Waals surface area contributed by atoms with Gasteiger partial charge in [-0.2, -0.15) is 5.10 Å². The molecule has 0 unspecified atom stereocenters. The van der Waals surface area contributed by atoms with Crippen LogP contribution in [-0.4, -0.2) is 28.1 Å². The maximum atomic E-state index is 12.3. The van der Waals surface area contributed by atoms with E-state index in [2.05, 4.69) is 27.6 Å². The van der Waals surface area contributed by atoms with Crippen LogP contribution < -0.4 is 15.6 Å². The van der Waals surface area contributed by atoms with Crippen LogP contribution in [0.2, 0.25) is 0 Å². The van der Waals surface area contributed by atoms with Gasteiger partial charge in [-0.3, -0.25) is 30.9 Å². The average molecular weight is 379 g/mol. The van der Waals surface area contributed by atoms with Crippen LogP contribution in [0.25, 0.3) is 17.0 Å². The molecule has 0 bridgehead atoms. The number of methoxy groups -OCH3 is 1. The Kier molecular flexibility index (Phi) is 5.35. The molecular formula is C19H17N5O4. The van der Waals surface area contributed by atoms with Crippen LogP contribution in [0.15, 0.2) is 61.2 Å². The predicted octanol–water partition coefficient (Wildman–Crippen LogP) is 2.90. The second-order valence-corrected chi connectivity index (χ2v) is 5.76. The molecule has 3 rings (SSSR count). The first kappa shape index (κ1) is 18.6. The number of ether oxygens (including phenoxy) is 1. The van der Waals surface area contributed by atoms with E-state index in [0.717, 1.165) is 11.3 Å². The molecule has 0 spiro atoms. The van der Waals surface area contributed by atoms with E-state index in [1.807, 2.05) is 12.1 Å². The topological polar surface area (TPSA) is 122 Å². The normalized spacial score (nSPS) is 10.2. The fourth-order valence-electron chi connectivity index (χ4n) is 2.43. The number of carbonyl (C=O) groups excluding carboxylic acids is 1. The minimum absolute atomic E-state index is 0.0653. The molecule has 0 aliphatic heterocycles. The Hall–Kier alpha value is -4.14. The maximum absolute atomic E-state index is 12.3. The number of aromatic amines is 1. The van der Waals surface area contributed by atoms with Crippen LogP contribution in [0.5, 0.6) is 5.75 Å². The highest BCUT2D eigenvalue weighted by atomic mass is 16.6. The van der Waals surface area contributed by atoms with Crippen molar-refractivity contribution >= 4 is 17.3 Å².